The molecule has 0 N–H and O–H groups in total. The molecule has 1 saturated carbocycles. The zero-order chi connectivity index (χ0) is 15.7. The van der Waals surface area contributed by atoms with E-state index in [-0.39, 0.29) is 0 Å². The van der Waals surface area contributed by atoms with Crippen LogP contribution in [0.4, 0.5) is 0 Å². The van der Waals surface area contributed by atoms with Gasteiger partial charge in [-0.2, -0.15) is 0 Å². The molecule has 1 aliphatic rings. The summed E-state index contributed by atoms with van der Waals surface area (Å²) in [5.74, 6) is 2.04. The van der Waals surface area contributed by atoms with Crippen molar-refractivity contribution < 1.29 is 0 Å². The Kier molecular flexibility index (Phi) is 11.0. The third kappa shape index (κ3) is 27.3. The maximum absolute atomic E-state index is 2.37. The van der Waals surface area contributed by atoms with Gasteiger partial charge < -0.3 is 0 Å². The number of hydrogen-bond donors (Lipinski definition) is 0. The Labute approximate surface area is 124 Å². The third-order valence-corrected chi connectivity index (χ3v) is 3.37. The summed E-state index contributed by atoms with van der Waals surface area (Å²) in [4.78, 5) is 0. The Balaban J connectivity index is 0. The first-order valence-electron chi connectivity index (χ1n) is 8.35. The zero-order valence-corrected chi connectivity index (χ0v) is 15.7. The summed E-state index contributed by atoms with van der Waals surface area (Å²) in [6.07, 6.45) is 7.16. The van der Waals surface area contributed by atoms with E-state index in [1.54, 1.807) is 0 Å². The summed E-state index contributed by atoms with van der Waals surface area (Å²) in [5, 5.41) is 0. The maximum atomic E-state index is 2.37. The first-order valence-corrected chi connectivity index (χ1v) is 8.35. The second-order valence-corrected chi connectivity index (χ2v) is 9.28. The minimum absolute atomic E-state index is 0.500. The molecule has 118 valence electrons. The van der Waals surface area contributed by atoms with Gasteiger partial charge in [0.15, 0.2) is 0 Å². The highest BCUT2D eigenvalue weighted by Crippen LogP contribution is 2.27. The van der Waals surface area contributed by atoms with Gasteiger partial charge in [-0.15, -0.1) is 0 Å². The minimum atomic E-state index is 0.500. The molecule has 0 spiro atoms. The van der Waals surface area contributed by atoms with Gasteiger partial charge in [0.2, 0.25) is 0 Å². The van der Waals surface area contributed by atoms with Crippen LogP contribution in [-0.2, 0) is 0 Å². The van der Waals surface area contributed by atoms with Gasteiger partial charge >= 0.3 is 0 Å². The van der Waals surface area contributed by atoms with Crippen molar-refractivity contribution in [2.45, 2.75) is 101 Å². The average molecular weight is 271 g/mol. The lowest BCUT2D eigenvalue weighted by atomic mass is 9.84. The molecule has 0 nitrogen and oxygen atoms in total. The highest BCUT2D eigenvalue weighted by atomic mass is 14.2. The monoisotopic (exact) mass is 270 g/mol. The molecule has 0 aromatic heterocycles. The molecular formula is C19H42. The summed E-state index contributed by atoms with van der Waals surface area (Å²) in [6, 6.07) is 0. The molecule has 0 heteroatoms. The highest BCUT2D eigenvalue weighted by molar-refractivity contribution is 4.65. The molecule has 0 amide bonds. The molecule has 0 saturated heterocycles. The Hall–Kier alpha value is 0. The molecule has 0 bridgehead atoms. The SMILES string of the molecule is CC(C)(C)C.CC1CCC(C)CC1.CCC(C)(C)C. The van der Waals surface area contributed by atoms with E-state index in [1.165, 1.54) is 32.1 Å². The Morgan fingerprint density at radius 2 is 0.842 bits per heavy atom. The number of hydrogen-bond acceptors (Lipinski definition) is 0. The van der Waals surface area contributed by atoms with E-state index < -0.39 is 0 Å². The molecule has 19 heavy (non-hydrogen) atoms. The van der Waals surface area contributed by atoms with Gasteiger partial charge in [-0.05, 0) is 22.7 Å². The van der Waals surface area contributed by atoms with Gasteiger partial charge in [0.05, 0.1) is 0 Å². The molecule has 0 aliphatic heterocycles. The fourth-order valence-electron chi connectivity index (χ4n) is 1.43. The van der Waals surface area contributed by atoms with Crippen LogP contribution in [0, 0.1) is 22.7 Å². The van der Waals surface area contributed by atoms with Crippen LogP contribution >= 0.6 is 0 Å². The summed E-state index contributed by atoms with van der Waals surface area (Å²) in [7, 11) is 0. The van der Waals surface area contributed by atoms with Crippen LogP contribution in [0.3, 0.4) is 0 Å². The van der Waals surface area contributed by atoms with Crippen molar-refractivity contribution >= 4 is 0 Å². The summed E-state index contributed by atoms with van der Waals surface area (Å²) >= 11 is 0. The Bertz CT molecular complexity index is 165. The summed E-state index contributed by atoms with van der Waals surface area (Å²) in [5.41, 5.74) is 1.04. The topological polar surface area (TPSA) is 0 Å². The second-order valence-electron chi connectivity index (χ2n) is 9.28. The molecular weight excluding hydrogens is 228 g/mol. The van der Waals surface area contributed by atoms with Crippen LogP contribution < -0.4 is 0 Å². The smallest absolute Gasteiger partial charge is 0.0385 e. The van der Waals surface area contributed by atoms with Gasteiger partial charge in [-0.1, -0.05) is 101 Å². The van der Waals surface area contributed by atoms with Crippen LogP contribution in [0.15, 0.2) is 0 Å². The van der Waals surface area contributed by atoms with E-state index >= 15 is 0 Å². The van der Waals surface area contributed by atoms with Crippen molar-refractivity contribution in [1.29, 1.82) is 0 Å². The standard InChI is InChI=1S/C8H16.C6H14.C5H12/c1-7-3-5-8(2)6-4-7;1-5-6(2,3)4;1-5(2,3)4/h7-8H,3-6H2,1-2H3;5H2,1-4H3;1-4H3. The first-order chi connectivity index (χ1) is 8.35. The number of rotatable bonds is 0. The van der Waals surface area contributed by atoms with Crippen LogP contribution in [0.5, 0.6) is 0 Å². The van der Waals surface area contributed by atoms with Crippen LogP contribution in [0.2, 0.25) is 0 Å². The average Bonchev–Trinajstić information content (AvgIpc) is 2.20. The van der Waals surface area contributed by atoms with Crippen molar-refractivity contribution in [2.24, 2.45) is 22.7 Å². The van der Waals surface area contributed by atoms with Gasteiger partial charge in [0.1, 0.15) is 0 Å². The highest BCUT2D eigenvalue weighted by Gasteiger charge is 2.13. The minimum Gasteiger partial charge on any atom is -0.0649 e. The maximum Gasteiger partial charge on any atom is -0.0385 e. The second kappa shape index (κ2) is 9.83. The van der Waals surface area contributed by atoms with Gasteiger partial charge in [-0.3, -0.25) is 0 Å². The molecule has 0 unspecified atom stereocenters. The lowest BCUT2D eigenvalue weighted by Gasteiger charge is -2.22. The normalized spacial score (nSPS) is 23.7. The quantitative estimate of drug-likeness (QED) is 0.432. The third-order valence-electron chi connectivity index (χ3n) is 3.37. The lowest BCUT2D eigenvalue weighted by Crippen LogP contribution is -2.08. The fraction of sp³-hybridized carbons (Fsp3) is 1.00. The summed E-state index contributed by atoms with van der Waals surface area (Å²) < 4.78 is 0. The van der Waals surface area contributed by atoms with Crippen molar-refractivity contribution in [3.8, 4) is 0 Å². The molecule has 0 atom stereocenters. The molecule has 0 aromatic carbocycles. The fourth-order valence-corrected chi connectivity index (χ4v) is 1.43. The van der Waals surface area contributed by atoms with Gasteiger partial charge in [0.25, 0.3) is 0 Å². The van der Waals surface area contributed by atoms with E-state index in [9.17, 15) is 0 Å². The predicted octanol–water partition coefficient (Wildman–Crippen LogP) is 7.33. The van der Waals surface area contributed by atoms with E-state index in [4.69, 9.17) is 0 Å². The van der Waals surface area contributed by atoms with Crippen molar-refractivity contribution in [2.75, 3.05) is 0 Å². The predicted molar refractivity (Wildman–Crippen MR) is 91.7 cm³/mol. The molecule has 1 aliphatic carbocycles. The first kappa shape index (κ1) is 21.3. The van der Waals surface area contributed by atoms with Gasteiger partial charge in [0, 0.05) is 0 Å². The molecule has 0 heterocycles. The summed E-state index contributed by atoms with van der Waals surface area (Å²) in [6.45, 7) is 22.4. The Morgan fingerprint density at radius 1 is 0.684 bits per heavy atom. The lowest BCUT2D eigenvalue weighted by molar-refractivity contribution is 0.308. The molecule has 0 aromatic rings. The van der Waals surface area contributed by atoms with E-state index in [0.717, 1.165) is 11.8 Å². The van der Waals surface area contributed by atoms with E-state index in [2.05, 4.69) is 69.2 Å². The van der Waals surface area contributed by atoms with Gasteiger partial charge in [-0.25, -0.2) is 0 Å². The zero-order valence-electron chi connectivity index (χ0n) is 15.7. The van der Waals surface area contributed by atoms with Crippen molar-refractivity contribution in [3.05, 3.63) is 0 Å². The Morgan fingerprint density at radius 3 is 0.947 bits per heavy atom. The van der Waals surface area contributed by atoms with E-state index in [0.29, 0.717) is 10.8 Å². The largest absolute Gasteiger partial charge is 0.0649 e. The van der Waals surface area contributed by atoms with Crippen LogP contribution in [0.25, 0.3) is 0 Å². The molecule has 0 radical (unpaired) electrons. The van der Waals surface area contributed by atoms with E-state index in [1.807, 2.05) is 0 Å². The van der Waals surface area contributed by atoms with Crippen molar-refractivity contribution in [3.63, 3.8) is 0 Å². The van der Waals surface area contributed by atoms with Crippen LogP contribution in [0.1, 0.15) is 101 Å². The molecule has 1 rings (SSSR count). The molecule has 1 fully saturated rings. The van der Waals surface area contributed by atoms with Crippen LogP contribution in [-0.4, -0.2) is 0 Å². The van der Waals surface area contributed by atoms with Crippen molar-refractivity contribution in [1.82, 2.24) is 0 Å².